The van der Waals surface area contributed by atoms with Gasteiger partial charge in [0.2, 0.25) is 0 Å². The third-order valence-corrected chi connectivity index (χ3v) is 6.01. The van der Waals surface area contributed by atoms with Crippen LogP contribution in [0.3, 0.4) is 0 Å². The average molecular weight is 395 g/mol. The number of hydrogen-bond acceptors (Lipinski definition) is 3. The van der Waals surface area contributed by atoms with Crippen molar-refractivity contribution in [2.24, 2.45) is 5.92 Å². The first kappa shape index (κ1) is 19.2. The highest BCUT2D eigenvalue weighted by molar-refractivity contribution is 6.30. The normalized spacial score (nSPS) is 19.9. The lowest BCUT2D eigenvalue weighted by Crippen LogP contribution is -2.25. The van der Waals surface area contributed by atoms with Crippen molar-refractivity contribution < 1.29 is 0 Å². The number of halogens is 1. The number of H-pyrrole nitrogens is 1. The molecular weight excluding hydrogens is 368 g/mol. The van der Waals surface area contributed by atoms with Gasteiger partial charge in [0.05, 0.1) is 0 Å². The average Bonchev–Trinajstić information content (AvgIpc) is 3.14. The minimum absolute atomic E-state index is 0.523. The zero-order valence-corrected chi connectivity index (χ0v) is 17.3. The molecule has 4 rings (SSSR count). The first-order valence-corrected chi connectivity index (χ1v) is 10.4. The van der Waals surface area contributed by atoms with Gasteiger partial charge >= 0.3 is 0 Å². The summed E-state index contributed by atoms with van der Waals surface area (Å²) in [5.74, 6) is 1.32. The van der Waals surface area contributed by atoms with Gasteiger partial charge in [0, 0.05) is 46.7 Å². The molecule has 1 fully saturated rings. The van der Waals surface area contributed by atoms with Crippen molar-refractivity contribution in [3.05, 3.63) is 59.5 Å². The summed E-state index contributed by atoms with van der Waals surface area (Å²) in [7, 11) is 4.34. The Hall–Kier alpha value is -2.17. The van der Waals surface area contributed by atoms with Gasteiger partial charge in [-0.2, -0.15) is 5.10 Å². The van der Waals surface area contributed by atoms with Crippen LogP contribution >= 0.6 is 11.6 Å². The Morgan fingerprint density at radius 1 is 0.964 bits per heavy atom. The van der Waals surface area contributed by atoms with E-state index in [-0.39, 0.29) is 0 Å². The van der Waals surface area contributed by atoms with Crippen LogP contribution in [0.1, 0.15) is 37.3 Å². The number of benzene rings is 1. The molecule has 0 saturated heterocycles. The fourth-order valence-corrected chi connectivity index (χ4v) is 4.55. The first-order chi connectivity index (χ1) is 13.6. The van der Waals surface area contributed by atoms with Gasteiger partial charge < -0.3 is 4.90 Å². The molecule has 1 aromatic carbocycles. The molecule has 0 amide bonds. The van der Waals surface area contributed by atoms with Gasteiger partial charge in [-0.3, -0.25) is 10.1 Å². The van der Waals surface area contributed by atoms with Crippen LogP contribution in [-0.2, 0) is 0 Å². The van der Waals surface area contributed by atoms with Crippen LogP contribution in [0.2, 0.25) is 5.02 Å². The third-order valence-electron chi connectivity index (χ3n) is 5.76. The molecule has 2 heterocycles. The minimum atomic E-state index is 0.523. The summed E-state index contributed by atoms with van der Waals surface area (Å²) < 4.78 is 0. The van der Waals surface area contributed by atoms with Crippen LogP contribution in [-0.4, -0.2) is 40.7 Å². The molecule has 146 valence electrons. The predicted molar refractivity (Wildman–Crippen MR) is 116 cm³/mol. The zero-order chi connectivity index (χ0) is 19.5. The molecule has 2 aromatic heterocycles. The van der Waals surface area contributed by atoms with E-state index in [1.807, 2.05) is 36.7 Å². The lowest BCUT2D eigenvalue weighted by molar-refractivity contribution is 0.248. The third kappa shape index (κ3) is 4.13. The molecule has 0 spiro atoms. The number of hydrogen-bond donors (Lipinski definition) is 1. The van der Waals surface area contributed by atoms with E-state index in [1.165, 1.54) is 49.0 Å². The molecule has 0 atom stereocenters. The molecule has 0 aliphatic heterocycles. The molecule has 1 aliphatic carbocycles. The van der Waals surface area contributed by atoms with Gasteiger partial charge in [0.1, 0.15) is 5.69 Å². The Morgan fingerprint density at radius 2 is 1.64 bits per heavy atom. The van der Waals surface area contributed by atoms with E-state index in [1.54, 1.807) is 0 Å². The minimum Gasteiger partial charge on any atom is -0.309 e. The Kier molecular flexibility index (Phi) is 5.79. The molecule has 1 aliphatic rings. The smallest absolute Gasteiger partial charge is 0.100 e. The maximum atomic E-state index is 6.09. The van der Waals surface area contributed by atoms with Gasteiger partial charge in [-0.1, -0.05) is 23.7 Å². The molecular formula is C23H27ClN4. The van der Waals surface area contributed by atoms with Crippen LogP contribution in [0.25, 0.3) is 22.4 Å². The number of aromatic nitrogens is 3. The van der Waals surface area contributed by atoms with Gasteiger partial charge in [0.25, 0.3) is 0 Å². The lowest BCUT2D eigenvalue weighted by Gasteiger charge is -2.30. The number of rotatable bonds is 5. The van der Waals surface area contributed by atoms with Crippen molar-refractivity contribution in [3.8, 4) is 22.4 Å². The van der Waals surface area contributed by atoms with Crippen molar-refractivity contribution in [2.75, 3.05) is 20.6 Å². The van der Waals surface area contributed by atoms with Crippen molar-refractivity contribution in [1.82, 2.24) is 20.1 Å². The molecule has 0 bridgehead atoms. The second kappa shape index (κ2) is 8.46. The SMILES string of the molecule is CN(C)C[C@H]1CC[C@H](c2[nH]nc(-c3ccc(Cl)cc3)c2-c2ccncc2)CC1. The monoisotopic (exact) mass is 394 g/mol. The summed E-state index contributed by atoms with van der Waals surface area (Å²) in [6.45, 7) is 1.18. The van der Waals surface area contributed by atoms with E-state index in [2.05, 4.69) is 41.2 Å². The van der Waals surface area contributed by atoms with Crippen molar-refractivity contribution in [1.29, 1.82) is 0 Å². The maximum Gasteiger partial charge on any atom is 0.100 e. The Bertz CT molecular complexity index is 894. The van der Waals surface area contributed by atoms with Gasteiger partial charge in [-0.25, -0.2) is 0 Å². The standard InChI is InChI=1S/C23H27ClN4/c1-28(2)15-16-3-5-18(6-4-16)22-21(17-11-13-25-14-12-17)23(27-26-22)19-7-9-20(24)10-8-19/h7-14,16,18H,3-6,15H2,1-2H3,(H,26,27)/t16-,18-. The highest BCUT2D eigenvalue weighted by Gasteiger charge is 2.28. The highest BCUT2D eigenvalue weighted by Crippen LogP contribution is 2.42. The van der Waals surface area contributed by atoms with Crippen LogP contribution in [0.15, 0.2) is 48.8 Å². The van der Waals surface area contributed by atoms with Gasteiger partial charge in [-0.05, 0) is 75.5 Å². The van der Waals surface area contributed by atoms with E-state index in [9.17, 15) is 0 Å². The molecule has 3 aromatic rings. The summed E-state index contributed by atoms with van der Waals surface area (Å²) in [5.41, 5.74) is 5.72. The van der Waals surface area contributed by atoms with E-state index in [0.29, 0.717) is 5.92 Å². The van der Waals surface area contributed by atoms with Crippen molar-refractivity contribution in [2.45, 2.75) is 31.6 Å². The van der Waals surface area contributed by atoms with E-state index >= 15 is 0 Å². The summed E-state index contributed by atoms with van der Waals surface area (Å²) >= 11 is 6.09. The number of aromatic amines is 1. The second-order valence-corrected chi connectivity index (χ2v) is 8.52. The summed E-state index contributed by atoms with van der Waals surface area (Å²) in [4.78, 5) is 6.50. The van der Waals surface area contributed by atoms with Crippen LogP contribution in [0.5, 0.6) is 0 Å². The first-order valence-electron chi connectivity index (χ1n) is 10.0. The van der Waals surface area contributed by atoms with Crippen LogP contribution < -0.4 is 0 Å². The zero-order valence-electron chi connectivity index (χ0n) is 16.5. The summed E-state index contributed by atoms with van der Waals surface area (Å²) in [6, 6.07) is 12.1. The lowest BCUT2D eigenvalue weighted by atomic mass is 9.78. The molecule has 1 N–H and O–H groups in total. The Morgan fingerprint density at radius 3 is 2.29 bits per heavy atom. The fraction of sp³-hybridized carbons (Fsp3) is 0.391. The van der Waals surface area contributed by atoms with E-state index in [0.717, 1.165) is 22.2 Å². The van der Waals surface area contributed by atoms with Crippen molar-refractivity contribution >= 4 is 11.6 Å². The number of pyridine rings is 1. The van der Waals surface area contributed by atoms with Gasteiger partial charge in [-0.15, -0.1) is 0 Å². The molecule has 28 heavy (non-hydrogen) atoms. The molecule has 5 heteroatoms. The fourth-order valence-electron chi connectivity index (χ4n) is 4.43. The molecule has 0 radical (unpaired) electrons. The Balaban J connectivity index is 1.68. The molecule has 0 unspecified atom stereocenters. The summed E-state index contributed by atoms with van der Waals surface area (Å²) in [5, 5.41) is 8.88. The topological polar surface area (TPSA) is 44.8 Å². The largest absolute Gasteiger partial charge is 0.309 e. The maximum absolute atomic E-state index is 6.09. The van der Waals surface area contributed by atoms with Crippen LogP contribution in [0, 0.1) is 5.92 Å². The second-order valence-electron chi connectivity index (χ2n) is 8.08. The van der Waals surface area contributed by atoms with Crippen LogP contribution in [0.4, 0.5) is 0 Å². The summed E-state index contributed by atoms with van der Waals surface area (Å²) in [6.07, 6.45) is 8.66. The molecule has 1 saturated carbocycles. The van der Waals surface area contributed by atoms with Gasteiger partial charge in [0.15, 0.2) is 0 Å². The molecule has 4 nitrogen and oxygen atoms in total. The Labute approximate surface area is 172 Å². The number of nitrogens with one attached hydrogen (secondary N) is 1. The van der Waals surface area contributed by atoms with Crippen molar-refractivity contribution in [3.63, 3.8) is 0 Å². The van der Waals surface area contributed by atoms with E-state index < -0.39 is 0 Å². The highest BCUT2D eigenvalue weighted by atomic mass is 35.5. The quantitative estimate of drug-likeness (QED) is 0.610. The number of nitrogens with zero attached hydrogens (tertiary/aromatic N) is 3. The van der Waals surface area contributed by atoms with E-state index in [4.69, 9.17) is 16.7 Å². The predicted octanol–water partition coefficient (Wildman–Crippen LogP) is 5.63.